The van der Waals surface area contributed by atoms with Crippen molar-refractivity contribution < 1.29 is 9.53 Å². The molecule has 0 spiro atoms. The summed E-state index contributed by atoms with van der Waals surface area (Å²) in [4.78, 5) is 12.4. The van der Waals surface area contributed by atoms with Crippen LogP contribution < -0.4 is 0 Å². The van der Waals surface area contributed by atoms with E-state index in [1.165, 1.54) is 12.0 Å². The van der Waals surface area contributed by atoms with Crippen LogP contribution >= 0.6 is 23.1 Å². The molecule has 0 aliphatic heterocycles. The third-order valence-corrected chi connectivity index (χ3v) is 4.11. The van der Waals surface area contributed by atoms with E-state index < -0.39 is 0 Å². The van der Waals surface area contributed by atoms with Crippen molar-refractivity contribution in [3.8, 4) is 0 Å². The van der Waals surface area contributed by atoms with E-state index in [-0.39, 0.29) is 11.9 Å². The van der Waals surface area contributed by atoms with Crippen molar-refractivity contribution in [1.82, 2.24) is 0 Å². The highest BCUT2D eigenvalue weighted by molar-refractivity contribution is 7.98. The standard InChI is InChI=1S/C10H14O2S2/c1-8(10(11)12-2)6-13-7-9-4-3-5-14-9/h3-5,8H,6-7H2,1-2H3. The van der Waals surface area contributed by atoms with Gasteiger partial charge in [-0.1, -0.05) is 13.0 Å². The Kier molecular flexibility index (Phi) is 5.04. The smallest absolute Gasteiger partial charge is 0.309 e. The van der Waals surface area contributed by atoms with Gasteiger partial charge in [-0.25, -0.2) is 0 Å². The molecule has 0 N–H and O–H groups in total. The predicted molar refractivity (Wildman–Crippen MR) is 61.7 cm³/mol. The molecule has 1 aromatic rings. The second kappa shape index (κ2) is 6.09. The molecule has 4 heteroatoms. The second-order valence-corrected chi connectivity index (χ2v) is 5.08. The number of carbonyl (C=O) groups excluding carboxylic acids is 1. The lowest BCUT2D eigenvalue weighted by molar-refractivity contribution is -0.143. The van der Waals surface area contributed by atoms with Gasteiger partial charge in [0.1, 0.15) is 0 Å². The molecule has 0 saturated heterocycles. The van der Waals surface area contributed by atoms with Gasteiger partial charge in [0.25, 0.3) is 0 Å². The van der Waals surface area contributed by atoms with E-state index in [9.17, 15) is 4.79 Å². The van der Waals surface area contributed by atoms with Crippen LogP contribution in [0.15, 0.2) is 17.5 Å². The van der Waals surface area contributed by atoms with Crippen LogP contribution in [0.5, 0.6) is 0 Å². The van der Waals surface area contributed by atoms with E-state index >= 15 is 0 Å². The van der Waals surface area contributed by atoms with Crippen molar-refractivity contribution in [1.29, 1.82) is 0 Å². The van der Waals surface area contributed by atoms with Gasteiger partial charge in [-0.15, -0.1) is 11.3 Å². The van der Waals surface area contributed by atoms with Crippen LogP contribution in [-0.4, -0.2) is 18.8 Å². The molecule has 1 atom stereocenters. The number of ether oxygens (including phenoxy) is 1. The SMILES string of the molecule is COC(=O)C(C)CSCc1cccs1. The molecule has 0 bridgehead atoms. The Morgan fingerprint density at radius 3 is 3.07 bits per heavy atom. The molecule has 0 saturated carbocycles. The highest BCUT2D eigenvalue weighted by Gasteiger charge is 2.12. The highest BCUT2D eigenvalue weighted by atomic mass is 32.2. The summed E-state index contributed by atoms with van der Waals surface area (Å²) in [6.45, 7) is 1.90. The largest absolute Gasteiger partial charge is 0.469 e. The van der Waals surface area contributed by atoms with Gasteiger partial charge in [-0.2, -0.15) is 11.8 Å². The van der Waals surface area contributed by atoms with Crippen LogP contribution in [0.4, 0.5) is 0 Å². The quantitative estimate of drug-likeness (QED) is 0.728. The molecule has 0 fully saturated rings. The van der Waals surface area contributed by atoms with Crippen molar-refractivity contribution in [2.24, 2.45) is 5.92 Å². The minimum atomic E-state index is -0.122. The molecule has 78 valence electrons. The normalized spacial score (nSPS) is 12.4. The minimum absolute atomic E-state index is 0.00929. The lowest BCUT2D eigenvalue weighted by Gasteiger charge is -2.07. The number of methoxy groups -OCH3 is 1. The molecule has 0 radical (unpaired) electrons. The molecule has 1 rings (SSSR count). The minimum Gasteiger partial charge on any atom is -0.469 e. The average Bonchev–Trinajstić information content (AvgIpc) is 2.69. The number of esters is 1. The van der Waals surface area contributed by atoms with Gasteiger partial charge < -0.3 is 4.74 Å². The van der Waals surface area contributed by atoms with Crippen molar-refractivity contribution in [2.75, 3.05) is 12.9 Å². The van der Waals surface area contributed by atoms with E-state index in [4.69, 9.17) is 0 Å². The predicted octanol–water partition coefficient (Wildman–Crippen LogP) is 2.79. The second-order valence-electron chi connectivity index (χ2n) is 3.02. The molecular formula is C10H14O2S2. The summed E-state index contributed by atoms with van der Waals surface area (Å²) in [5, 5.41) is 2.07. The van der Waals surface area contributed by atoms with E-state index in [2.05, 4.69) is 16.2 Å². The zero-order valence-electron chi connectivity index (χ0n) is 8.36. The first-order chi connectivity index (χ1) is 6.74. The zero-order chi connectivity index (χ0) is 10.4. The molecule has 2 nitrogen and oxygen atoms in total. The first kappa shape index (κ1) is 11.6. The molecule has 14 heavy (non-hydrogen) atoms. The van der Waals surface area contributed by atoms with E-state index in [0.29, 0.717) is 0 Å². The van der Waals surface area contributed by atoms with Gasteiger partial charge in [-0.05, 0) is 11.4 Å². The Hall–Kier alpha value is -0.480. The van der Waals surface area contributed by atoms with E-state index in [1.807, 2.05) is 13.0 Å². The summed E-state index contributed by atoms with van der Waals surface area (Å²) < 4.78 is 4.65. The maximum Gasteiger partial charge on any atom is 0.309 e. The maximum absolute atomic E-state index is 11.1. The topological polar surface area (TPSA) is 26.3 Å². The van der Waals surface area contributed by atoms with Crippen LogP contribution in [0.3, 0.4) is 0 Å². The lowest BCUT2D eigenvalue weighted by atomic mass is 10.2. The van der Waals surface area contributed by atoms with Gasteiger partial charge in [-0.3, -0.25) is 4.79 Å². The number of thiophene rings is 1. The first-order valence-electron chi connectivity index (χ1n) is 4.42. The Morgan fingerprint density at radius 2 is 2.50 bits per heavy atom. The summed E-state index contributed by atoms with van der Waals surface area (Å²) in [6, 6.07) is 4.16. The summed E-state index contributed by atoms with van der Waals surface area (Å²) in [7, 11) is 1.43. The van der Waals surface area contributed by atoms with Gasteiger partial charge >= 0.3 is 5.97 Å². The fourth-order valence-electron chi connectivity index (χ4n) is 1.00. The monoisotopic (exact) mass is 230 g/mol. The molecule has 1 aromatic heterocycles. The fourth-order valence-corrected chi connectivity index (χ4v) is 2.92. The molecule has 1 unspecified atom stereocenters. The average molecular weight is 230 g/mol. The molecule has 0 aromatic carbocycles. The molecule has 0 aliphatic carbocycles. The third kappa shape index (κ3) is 3.72. The van der Waals surface area contributed by atoms with Gasteiger partial charge in [0.05, 0.1) is 13.0 Å². The van der Waals surface area contributed by atoms with Crippen LogP contribution in [0, 0.1) is 5.92 Å². The molecular weight excluding hydrogens is 216 g/mol. The van der Waals surface area contributed by atoms with Crippen LogP contribution in [-0.2, 0) is 15.3 Å². The fraction of sp³-hybridized carbons (Fsp3) is 0.500. The summed E-state index contributed by atoms with van der Waals surface area (Å²) in [5.41, 5.74) is 0. The summed E-state index contributed by atoms with van der Waals surface area (Å²) >= 11 is 3.52. The van der Waals surface area contributed by atoms with Gasteiger partial charge in [0.15, 0.2) is 0 Å². The van der Waals surface area contributed by atoms with Crippen LogP contribution in [0.2, 0.25) is 0 Å². The highest BCUT2D eigenvalue weighted by Crippen LogP contribution is 2.19. The Labute approximate surface area is 92.7 Å². The molecule has 0 amide bonds. The number of hydrogen-bond donors (Lipinski definition) is 0. The molecule has 1 heterocycles. The van der Waals surface area contributed by atoms with Crippen molar-refractivity contribution >= 4 is 29.1 Å². The van der Waals surface area contributed by atoms with Gasteiger partial charge in [0.2, 0.25) is 0 Å². The third-order valence-electron chi connectivity index (χ3n) is 1.80. The van der Waals surface area contributed by atoms with Crippen molar-refractivity contribution in [3.63, 3.8) is 0 Å². The zero-order valence-corrected chi connectivity index (χ0v) is 9.99. The summed E-state index contributed by atoms with van der Waals surface area (Å²) in [5.74, 6) is 1.68. The Morgan fingerprint density at radius 1 is 1.71 bits per heavy atom. The number of thioether (sulfide) groups is 1. The van der Waals surface area contributed by atoms with Gasteiger partial charge in [0, 0.05) is 16.4 Å². The van der Waals surface area contributed by atoms with Crippen LogP contribution in [0.1, 0.15) is 11.8 Å². The number of carbonyl (C=O) groups is 1. The Balaban J connectivity index is 2.18. The lowest BCUT2D eigenvalue weighted by Crippen LogP contribution is -2.14. The first-order valence-corrected chi connectivity index (χ1v) is 6.45. The maximum atomic E-state index is 11.1. The van der Waals surface area contributed by atoms with E-state index in [1.54, 1.807) is 23.1 Å². The summed E-state index contributed by atoms with van der Waals surface area (Å²) in [6.07, 6.45) is 0. The van der Waals surface area contributed by atoms with Crippen molar-refractivity contribution in [3.05, 3.63) is 22.4 Å². The van der Waals surface area contributed by atoms with E-state index in [0.717, 1.165) is 11.5 Å². The van der Waals surface area contributed by atoms with Crippen molar-refractivity contribution in [2.45, 2.75) is 12.7 Å². The van der Waals surface area contributed by atoms with Crippen LogP contribution in [0.25, 0.3) is 0 Å². The number of hydrogen-bond acceptors (Lipinski definition) is 4. The molecule has 0 aliphatic rings. The number of rotatable bonds is 5. The Bertz CT molecular complexity index is 270.